The minimum absolute atomic E-state index is 0.172. The van der Waals surface area contributed by atoms with Gasteiger partial charge in [0, 0.05) is 20.4 Å². The van der Waals surface area contributed by atoms with E-state index in [-0.39, 0.29) is 6.16 Å². The molecule has 1 unspecified atom stereocenters. The Morgan fingerprint density at radius 3 is 2.42 bits per heavy atom. The van der Waals surface area contributed by atoms with Crippen molar-refractivity contribution in [3.63, 3.8) is 0 Å². The van der Waals surface area contributed by atoms with Crippen LogP contribution in [0.3, 0.4) is 0 Å². The Labute approximate surface area is 223 Å². The van der Waals surface area contributed by atoms with Crippen molar-refractivity contribution in [1.82, 2.24) is 0 Å². The van der Waals surface area contributed by atoms with Crippen LogP contribution in [0.2, 0.25) is 5.02 Å². The summed E-state index contributed by atoms with van der Waals surface area (Å²) in [4.78, 5) is 20.6. The lowest BCUT2D eigenvalue weighted by Crippen LogP contribution is -2.40. The van der Waals surface area contributed by atoms with Crippen LogP contribution >= 0.6 is 31.0 Å². The van der Waals surface area contributed by atoms with Gasteiger partial charge in [0.1, 0.15) is 12.4 Å². The van der Waals surface area contributed by atoms with Gasteiger partial charge >= 0.3 is 7.60 Å². The van der Waals surface area contributed by atoms with Gasteiger partial charge in [-0.05, 0) is 73.6 Å². The number of benzene rings is 3. The van der Waals surface area contributed by atoms with E-state index in [0.29, 0.717) is 24.5 Å². The zero-order valence-electron chi connectivity index (χ0n) is 20.6. The summed E-state index contributed by atoms with van der Waals surface area (Å²) in [7, 11) is -4.05. The van der Waals surface area contributed by atoms with E-state index >= 15 is 0 Å². The summed E-state index contributed by atoms with van der Waals surface area (Å²) >= 11 is 8.24. The summed E-state index contributed by atoms with van der Waals surface area (Å²) in [5.41, 5.74) is 8.12. The second-order valence-corrected chi connectivity index (χ2v) is 12.5. The highest BCUT2D eigenvalue weighted by Crippen LogP contribution is 2.38. The van der Waals surface area contributed by atoms with Crippen LogP contribution in [0.1, 0.15) is 50.2 Å². The van der Waals surface area contributed by atoms with Crippen molar-refractivity contribution in [1.29, 1.82) is 0 Å². The van der Waals surface area contributed by atoms with Gasteiger partial charge in [0.2, 0.25) is 0 Å². The molecule has 0 spiro atoms. The van der Waals surface area contributed by atoms with E-state index in [2.05, 4.69) is 6.07 Å². The molecule has 1 atom stereocenters. The lowest BCUT2D eigenvalue weighted by molar-refractivity contribution is 0.305. The number of nitrogens with two attached hydrogens (primary N) is 1. The maximum atomic E-state index is 11.3. The summed E-state index contributed by atoms with van der Waals surface area (Å²) in [5.74, 6) is 0.822. The molecule has 0 bridgehead atoms. The van der Waals surface area contributed by atoms with E-state index in [1.807, 2.05) is 73.7 Å². The van der Waals surface area contributed by atoms with Gasteiger partial charge in [-0.25, -0.2) is 0 Å². The molecule has 0 fully saturated rings. The average molecular weight is 548 g/mol. The van der Waals surface area contributed by atoms with E-state index in [1.165, 1.54) is 0 Å². The van der Waals surface area contributed by atoms with Crippen molar-refractivity contribution in [3.8, 4) is 5.75 Å². The third-order valence-corrected chi connectivity index (χ3v) is 8.22. The molecule has 0 saturated heterocycles. The summed E-state index contributed by atoms with van der Waals surface area (Å²) < 4.78 is 17.3. The number of halogens is 1. The van der Waals surface area contributed by atoms with Crippen molar-refractivity contribution in [3.05, 3.63) is 88.9 Å². The molecule has 194 valence electrons. The van der Waals surface area contributed by atoms with Crippen molar-refractivity contribution >= 4 is 31.0 Å². The number of hydrogen-bond donors (Lipinski definition) is 3. The van der Waals surface area contributed by atoms with Gasteiger partial charge in [-0.3, -0.25) is 4.57 Å². The van der Waals surface area contributed by atoms with Gasteiger partial charge in [-0.15, -0.1) is 0 Å². The SMILES string of the molecule is CCCC(N)(CCCc1ccc(Sc2cccc(OCc3ccccc3)c2)cc1Cl)CCP(=O)(O)O. The normalized spacial score (nSPS) is 13.4. The number of aryl methyl sites for hydroxylation is 1. The van der Waals surface area contributed by atoms with Crippen LogP contribution in [0.15, 0.2) is 82.6 Å². The number of rotatable bonds is 14. The maximum Gasteiger partial charge on any atom is 0.325 e. The highest BCUT2D eigenvalue weighted by Gasteiger charge is 2.27. The molecule has 36 heavy (non-hydrogen) atoms. The molecule has 3 aromatic rings. The Morgan fingerprint density at radius 2 is 1.72 bits per heavy atom. The first-order valence-corrected chi connectivity index (χ1v) is 15.2. The quantitative estimate of drug-likeness (QED) is 0.181. The Bertz CT molecular complexity index is 1160. The molecule has 0 aromatic heterocycles. The molecule has 0 aliphatic heterocycles. The molecule has 0 aliphatic rings. The monoisotopic (exact) mass is 547 g/mol. The highest BCUT2D eigenvalue weighted by molar-refractivity contribution is 7.99. The first-order valence-electron chi connectivity index (χ1n) is 12.2. The van der Waals surface area contributed by atoms with Crippen LogP contribution in [0, 0.1) is 0 Å². The van der Waals surface area contributed by atoms with Gasteiger partial charge in [-0.1, -0.05) is 79.2 Å². The van der Waals surface area contributed by atoms with Gasteiger partial charge < -0.3 is 20.3 Å². The van der Waals surface area contributed by atoms with E-state index in [9.17, 15) is 14.4 Å². The molecular formula is C28H35ClNO4PS. The second kappa shape index (κ2) is 13.7. The number of hydrogen-bond acceptors (Lipinski definition) is 4. The van der Waals surface area contributed by atoms with E-state index in [4.69, 9.17) is 22.1 Å². The fourth-order valence-electron chi connectivity index (χ4n) is 4.17. The Kier molecular flexibility index (Phi) is 10.9. The predicted molar refractivity (Wildman–Crippen MR) is 149 cm³/mol. The average Bonchev–Trinajstić information content (AvgIpc) is 2.84. The largest absolute Gasteiger partial charge is 0.489 e. The molecule has 0 amide bonds. The van der Waals surface area contributed by atoms with Crippen molar-refractivity contribution in [2.24, 2.45) is 5.73 Å². The molecule has 0 aliphatic carbocycles. The minimum atomic E-state index is -4.05. The molecule has 5 nitrogen and oxygen atoms in total. The maximum absolute atomic E-state index is 11.3. The smallest absolute Gasteiger partial charge is 0.325 e. The summed E-state index contributed by atoms with van der Waals surface area (Å²) in [6.07, 6.45) is 4.05. The van der Waals surface area contributed by atoms with Gasteiger partial charge in [0.15, 0.2) is 0 Å². The lowest BCUT2D eigenvalue weighted by atomic mass is 9.86. The van der Waals surface area contributed by atoms with Gasteiger partial charge in [0.05, 0.1) is 6.16 Å². The highest BCUT2D eigenvalue weighted by atomic mass is 35.5. The molecule has 0 heterocycles. The van der Waals surface area contributed by atoms with Gasteiger partial charge in [0.25, 0.3) is 0 Å². The second-order valence-electron chi connectivity index (χ2n) is 9.21. The number of ether oxygens (including phenoxy) is 1. The first-order chi connectivity index (χ1) is 17.2. The Morgan fingerprint density at radius 1 is 0.972 bits per heavy atom. The van der Waals surface area contributed by atoms with Gasteiger partial charge in [-0.2, -0.15) is 0 Å². The first kappa shape index (κ1) is 28.8. The lowest BCUT2D eigenvalue weighted by Gasteiger charge is -2.29. The van der Waals surface area contributed by atoms with Crippen LogP contribution in [0.5, 0.6) is 5.75 Å². The summed E-state index contributed by atoms with van der Waals surface area (Å²) in [6, 6.07) is 24.2. The van der Waals surface area contributed by atoms with Crippen LogP contribution in [0.25, 0.3) is 0 Å². The third kappa shape index (κ3) is 9.93. The van der Waals surface area contributed by atoms with E-state index < -0.39 is 13.1 Å². The standard InChI is InChI=1S/C28H35ClNO4PS/c1-2-15-28(30,17-18-35(31,32)33)16-7-10-23-13-14-26(20-27(23)29)36-25-12-6-11-24(19-25)34-21-22-8-4-3-5-9-22/h3-6,8-9,11-14,19-20H,2,7,10,15-18,21,30H2,1H3,(H2,31,32,33). The fraction of sp³-hybridized carbons (Fsp3) is 0.357. The zero-order chi connectivity index (χ0) is 26.0. The van der Waals surface area contributed by atoms with Crippen LogP contribution in [0.4, 0.5) is 0 Å². The van der Waals surface area contributed by atoms with Crippen LogP contribution < -0.4 is 10.5 Å². The summed E-state index contributed by atoms with van der Waals surface area (Å²) in [6.45, 7) is 2.56. The van der Waals surface area contributed by atoms with Crippen LogP contribution in [-0.2, 0) is 17.6 Å². The molecule has 0 radical (unpaired) electrons. The van der Waals surface area contributed by atoms with Crippen molar-refractivity contribution in [2.75, 3.05) is 6.16 Å². The minimum Gasteiger partial charge on any atom is -0.489 e. The molecule has 3 aromatic carbocycles. The third-order valence-electron chi connectivity index (χ3n) is 6.08. The fourth-order valence-corrected chi connectivity index (χ4v) is 6.15. The van der Waals surface area contributed by atoms with Crippen molar-refractivity contribution < 1.29 is 19.1 Å². The molecule has 4 N–H and O–H groups in total. The van der Waals surface area contributed by atoms with E-state index in [1.54, 1.807) is 11.8 Å². The topological polar surface area (TPSA) is 92.8 Å². The molecule has 3 rings (SSSR count). The molecule has 8 heteroatoms. The Hall–Kier alpha value is -1.79. The molecular weight excluding hydrogens is 513 g/mol. The molecule has 0 saturated carbocycles. The van der Waals surface area contributed by atoms with Crippen molar-refractivity contribution in [2.45, 2.75) is 67.4 Å². The predicted octanol–water partition coefficient (Wildman–Crippen LogP) is 7.46. The zero-order valence-corrected chi connectivity index (χ0v) is 23.1. The Balaban J connectivity index is 1.55. The van der Waals surface area contributed by atoms with E-state index in [0.717, 1.165) is 52.4 Å². The van der Waals surface area contributed by atoms with Crippen LogP contribution in [-0.4, -0.2) is 21.5 Å². The summed E-state index contributed by atoms with van der Waals surface area (Å²) in [5, 5.41) is 0.713.